The minimum Gasteiger partial charge on any atom is -0.481 e. The number of carbonyl (C=O) groups is 2. The number of carboxylic acids is 2. The second kappa shape index (κ2) is 4.86. The minimum absolute atomic E-state index is 0.0732. The second-order valence-corrected chi connectivity index (χ2v) is 6.11. The van der Waals surface area contributed by atoms with Crippen LogP contribution >= 0.6 is 0 Å². The molecule has 112 valence electrons. The van der Waals surface area contributed by atoms with Crippen molar-refractivity contribution >= 4 is 11.9 Å². The molecule has 0 bridgehead atoms. The van der Waals surface area contributed by atoms with E-state index in [-0.39, 0.29) is 17.8 Å². The van der Waals surface area contributed by atoms with Gasteiger partial charge < -0.3 is 19.7 Å². The Morgan fingerprint density at radius 2 is 1.55 bits per heavy atom. The lowest BCUT2D eigenvalue weighted by Crippen LogP contribution is -2.48. The first-order valence-electron chi connectivity index (χ1n) is 6.60. The van der Waals surface area contributed by atoms with E-state index in [1.165, 1.54) is 0 Å². The van der Waals surface area contributed by atoms with Gasteiger partial charge in [-0.05, 0) is 26.7 Å². The van der Waals surface area contributed by atoms with Gasteiger partial charge in [0, 0.05) is 11.0 Å². The zero-order chi connectivity index (χ0) is 15.1. The third-order valence-electron chi connectivity index (χ3n) is 4.52. The first kappa shape index (κ1) is 15.0. The van der Waals surface area contributed by atoms with Gasteiger partial charge in [-0.25, -0.2) is 4.79 Å². The van der Waals surface area contributed by atoms with Crippen LogP contribution in [0.3, 0.4) is 0 Å². The third-order valence-corrected chi connectivity index (χ3v) is 4.52. The monoisotopic (exact) mass is 284 g/mol. The van der Waals surface area contributed by atoms with Gasteiger partial charge in [-0.2, -0.15) is 0 Å². The maximum absolute atomic E-state index is 11.7. The normalized spacial score (nSPS) is 27.5. The number of hydrogen-bond acceptors (Lipinski definition) is 4. The predicted octanol–water partition coefficient (Wildman–Crippen LogP) is 1.30. The molecule has 2 saturated heterocycles. The van der Waals surface area contributed by atoms with Crippen molar-refractivity contribution in [2.24, 2.45) is 10.8 Å². The summed E-state index contributed by atoms with van der Waals surface area (Å²) in [6.45, 7) is 7.84. The molecule has 2 N–H and O–H groups in total. The lowest BCUT2D eigenvalue weighted by molar-refractivity contribution is -0.156. The number of epoxide rings is 2. The highest BCUT2D eigenvalue weighted by Gasteiger charge is 2.57. The highest BCUT2D eigenvalue weighted by atomic mass is 16.6. The second-order valence-electron chi connectivity index (χ2n) is 6.11. The summed E-state index contributed by atoms with van der Waals surface area (Å²) in [5, 5.41) is 18.9. The number of aliphatic carboxylic acids is 2. The summed E-state index contributed by atoms with van der Waals surface area (Å²) in [6, 6.07) is 0. The van der Waals surface area contributed by atoms with Gasteiger partial charge in [0.25, 0.3) is 0 Å². The third kappa shape index (κ3) is 2.58. The first-order chi connectivity index (χ1) is 9.20. The van der Waals surface area contributed by atoms with Crippen LogP contribution in [-0.4, -0.2) is 47.6 Å². The van der Waals surface area contributed by atoms with Crippen LogP contribution in [0.5, 0.6) is 0 Å². The first-order valence-corrected chi connectivity index (χ1v) is 6.60. The van der Waals surface area contributed by atoms with E-state index < -0.39 is 22.8 Å². The van der Waals surface area contributed by atoms with E-state index in [4.69, 9.17) is 9.47 Å². The van der Waals surface area contributed by atoms with Crippen LogP contribution in [0.4, 0.5) is 0 Å². The largest absolute Gasteiger partial charge is 0.481 e. The summed E-state index contributed by atoms with van der Waals surface area (Å²) in [7, 11) is 0. The van der Waals surface area contributed by atoms with Crippen LogP contribution < -0.4 is 0 Å². The molecule has 2 atom stereocenters. The SMILES string of the molecule is C=C(C(=O)O)C(CC1CO1)(CC1CO1)C(C)(C)C(=O)O. The molecular weight excluding hydrogens is 264 g/mol. The molecule has 20 heavy (non-hydrogen) atoms. The van der Waals surface area contributed by atoms with Crippen molar-refractivity contribution < 1.29 is 29.3 Å². The minimum atomic E-state index is -1.26. The van der Waals surface area contributed by atoms with Crippen LogP contribution in [0, 0.1) is 10.8 Å². The fraction of sp³-hybridized carbons (Fsp3) is 0.714. The number of carboxylic acid groups (broad SMARTS) is 2. The molecule has 0 aromatic carbocycles. The van der Waals surface area contributed by atoms with Crippen molar-refractivity contribution in [1.29, 1.82) is 0 Å². The smallest absolute Gasteiger partial charge is 0.331 e. The molecular formula is C14H20O6. The fourth-order valence-electron chi connectivity index (χ4n) is 2.78. The van der Waals surface area contributed by atoms with Crippen LogP contribution in [0.25, 0.3) is 0 Å². The lowest BCUT2D eigenvalue weighted by Gasteiger charge is -2.44. The predicted molar refractivity (Wildman–Crippen MR) is 69.3 cm³/mol. The van der Waals surface area contributed by atoms with Gasteiger partial charge in [0.15, 0.2) is 0 Å². The molecule has 0 aromatic rings. The standard InChI is InChI=1S/C14H20O6/c1-8(11(15)16)14(4-9-6-19-9,5-10-7-20-10)13(2,3)12(17)18/h9-10H,1,4-7H2,2-3H3,(H,15,16)(H,17,18). The molecule has 6 nitrogen and oxygen atoms in total. The van der Waals surface area contributed by atoms with E-state index in [1.54, 1.807) is 13.8 Å². The van der Waals surface area contributed by atoms with Gasteiger partial charge in [-0.1, -0.05) is 6.58 Å². The Labute approximate surface area is 117 Å². The Bertz CT molecular complexity index is 431. The van der Waals surface area contributed by atoms with Gasteiger partial charge in [0.2, 0.25) is 0 Å². The summed E-state index contributed by atoms with van der Waals surface area (Å²) in [5.41, 5.74) is -2.41. The highest BCUT2D eigenvalue weighted by Crippen LogP contribution is 2.54. The highest BCUT2D eigenvalue weighted by molar-refractivity contribution is 5.90. The summed E-state index contributed by atoms with van der Waals surface area (Å²) in [4.78, 5) is 23.1. The summed E-state index contributed by atoms with van der Waals surface area (Å²) in [6.07, 6.45) is 0.501. The quantitative estimate of drug-likeness (QED) is 0.515. The van der Waals surface area contributed by atoms with Crippen molar-refractivity contribution in [3.8, 4) is 0 Å². The van der Waals surface area contributed by atoms with Gasteiger partial charge in [-0.15, -0.1) is 0 Å². The fourth-order valence-corrected chi connectivity index (χ4v) is 2.78. The number of hydrogen-bond donors (Lipinski definition) is 2. The van der Waals surface area contributed by atoms with Gasteiger partial charge in [0.1, 0.15) is 0 Å². The lowest BCUT2D eigenvalue weighted by atomic mass is 9.57. The molecule has 6 heteroatoms. The zero-order valence-electron chi connectivity index (χ0n) is 11.7. The van der Waals surface area contributed by atoms with Gasteiger partial charge >= 0.3 is 11.9 Å². The molecule has 2 aliphatic rings. The van der Waals surface area contributed by atoms with Gasteiger partial charge in [-0.3, -0.25) is 4.79 Å². The maximum atomic E-state index is 11.7. The molecule has 0 aromatic heterocycles. The van der Waals surface area contributed by atoms with Gasteiger partial charge in [0.05, 0.1) is 30.8 Å². The Morgan fingerprint density at radius 3 is 1.80 bits per heavy atom. The van der Waals surface area contributed by atoms with E-state index in [9.17, 15) is 19.8 Å². The molecule has 0 spiro atoms. The molecule has 0 amide bonds. The maximum Gasteiger partial charge on any atom is 0.331 e. The van der Waals surface area contributed by atoms with Crippen LogP contribution in [-0.2, 0) is 19.1 Å². The van der Waals surface area contributed by atoms with Crippen LogP contribution in [0.2, 0.25) is 0 Å². The molecule has 2 unspecified atom stereocenters. The molecule has 0 aliphatic carbocycles. The van der Waals surface area contributed by atoms with E-state index in [0.29, 0.717) is 26.1 Å². The Balaban J connectivity index is 2.42. The topological polar surface area (TPSA) is 99.7 Å². The van der Waals surface area contributed by atoms with Crippen molar-refractivity contribution in [3.05, 3.63) is 12.2 Å². The number of ether oxygens (including phenoxy) is 2. The summed E-state index contributed by atoms with van der Waals surface area (Å²) >= 11 is 0. The molecule has 0 radical (unpaired) electrons. The molecule has 2 fully saturated rings. The number of rotatable bonds is 8. The van der Waals surface area contributed by atoms with Crippen molar-refractivity contribution in [2.45, 2.75) is 38.9 Å². The van der Waals surface area contributed by atoms with Crippen molar-refractivity contribution in [2.75, 3.05) is 13.2 Å². The van der Waals surface area contributed by atoms with Crippen LogP contribution in [0.15, 0.2) is 12.2 Å². The average Bonchev–Trinajstić information content (AvgIpc) is 3.21. The van der Waals surface area contributed by atoms with Crippen LogP contribution in [0.1, 0.15) is 26.7 Å². The Hall–Kier alpha value is -1.40. The molecule has 2 rings (SSSR count). The van der Waals surface area contributed by atoms with E-state index in [2.05, 4.69) is 6.58 Å². The van der Waals surface area contributed by atoms with E-state index in [0.717, 1.165) is 0 Å². The van der Waals surface area contributed by atoms with E-state index in [1.807, 2.05) is 0 Å². The molecule has 2 aliphatic heterocycles. The average molecular weight is 284 g/mol. The molecule has 0 saturated carbocycles. The van der Waals surface area contributed by atoms with Crippen molar-refractivity contribution in [3.63, 3.8) is 0 Å². The summed E-state index contributed by atoms with van der Waals surface area (Å²) < 4.78 is 10.4. The summed E-state index contributed by atoms with van der Waals surface area (Å²) in [5.74, 6) is -2.21. The molecule has 2 heterocycles. The Morgan fingerprint density at radius 1 is 1.15 bits per heavy atom. The zero-order valence-corrected chi connectivity index (χ0v) is 11.7. The van der Waals surface area contributed by atoms with E-state index >= 15 is 0 Å². The van der Waals surface area contributed by atoms with Crippen molar-refractivity contribution in [1.82, 2.24) is 0 Å². The Kier molecular flexibility index (Phi) is 3.64.